The Labute approximate surface area is 132 Å². The molecule has 0 unspecified atom stereocenters. The van der Waals surface area contributed by atoms with Gasteiger partial charge in [-0.25, -0.2) is 0 Å². The van der Waals surface area contributed by atoms with Crippen molar-refractivity contribution in [3.63, 3.8) is 0 Å². The molecule has 1 spiro atoms. The van der Waals surface area contributed by atoms with E-state index in [1.807, 2.05) is 0 Å². The fraction of sp³-hybridized carbons (Fsp3) is 0.600. The van der Waals surface area contributed by atoms with Crippen molar-refractivity contribution in [1.82, 2.24) is 0 Å². The van der Waals surface area contributed by atoms with Crippen LogP contribution in [0.5, 0.6) is 5.75 Å². The molecule has 116 valence electrons. The summed E-state index contributed by atoms with van der Waals surface area (Å²) in [6.07, 6.45) is 6.87. The van der Waals surface area contributed by atoms with Gasteiger partial charge in [0.2, 0.25) is 0 Å². The number of ether oxygens (including phenoxy) is 1. The maximum Gasteiger partial charge on any atom is 0.119 e. The minimum Gasteiger partial charge on any atom is -0.497 e. The number of rotatable bonds is 1. The Morgan fingerprint density at radius 1 is 1.23 bits per heavy atom. The Bertz CT molecular complexity index is 704. The molecule has 4 aliphatic rings. The molecule has 1 aromatic carbocycles. The highest BCUT2D eigenvalue weighted by Gasteiger charge is 2.74. The van der Waals surface area contributed by atoms with Gasteiger partial charge in [0.25, 0.3) is 0 Å². The number of fused-ring (bicyclic) bond motifs is 2. The first-order valence-corrected chi connectivity index (χ1v) is 8.68. The maximum atomic E-state index is 10.6. The molecular formula is C20H24O2. The van der Waals surface area contributed by atoms with Crippen molar-refractivity contribution >= 4 is 5.57 Å². The molecule has 22 heavy (non-hydrogen) atoms. The van der Waals surface area contributed by atoms with Crippen LogP contribution >= 0.6 is 0 Å². The van der Waals surface area contributed by atoms with E-state index < -0.39 is 0 Å². The van der Waals surface area contributed by atoms with E-state index in [0.29, 0.717) is 5.41 Å². The number of benzene rings is 1. The first-order chi connectivity index (χ1) is 10.6. The predicted octanol–water partition coefficient (Wildman–Crippen LogP) is 3.97. The Morgan fingerprint density at radius 3 is 2.91 bits per heavy atom. The van der Waals surface area contributed by atoms with Crippen LogP contribution in [0.4, 0.5) is 0 Å². The summed E-state index contributed by atoms with van der Waals surface area (Å²) in [7, 11) is 1.75. The van der Waals surface area contributed by atoms with Crippen molar-refractivity contribution in [2.75, 3.05) is 7.11 Å². The number of hydrogen-bond acceptors (Lipinski definition) is 2. The van der Waals surface area contributed by atoms with Crippen molar-refractivity contribution in [2.45, 2.75) is 51.6 Å². The molecule has 1 N–H and O–H groups in total. The van der Waals surface area contributed by atoms with E-state index in [1.54, 1.807) is 18.3 Å². The highest BCUT2D eigenvalue weighted by molar-refractivity contribution is 5.77. The fourth-order valence-corrected chi connectivity index (χ4v) is 6.18. The third kappa shape index (κ3) is 1.32. The minimum absolute atomic E-state index is 0.0856. The molecule has 0 heterocycles. The first-order valence-electron chi connectivity index (χ1n) is 8.68. The maximum absolute atomic E-state index is 10.6. The van der Waals surface area contributed by atoms with Crippen LogP contribution in [0.1, 0.15) is 50.2 Å². The van der Waals surface area contributed by atoms with E-state index in [9.17, 15) is 5.11 Å². The second-order valence-electron chi connectivity index (χ2n) is 8.02. The SMILES string of the molecule is COc1ccc2c(c1)CCC1=C2CC[C@]2(C)[C@@H](O)C[C@@H]3C[C@@]132. The number of aliphatic hydroxyl groups excluding tert-OH is 1. The highest BCUT2D eigenvalue weighted by atomic mass is 16.5. The third-order valence-corrected chi connectivity index (χ3v) is 7.45. The lowest BCUT2D eigenvalue weighted by Gasteiger charge is -2.46. The van der Waals surface area contributed by atoms with Crippen molar-refractivity contribution in [3.8, 4) is 5.75 Å². The summed E-state index contributed by atoms with van der Waals surface area (Å²) in [5.41, 5.74) is 6.72. The molecule has 0 saturated heterocycles. The zero-order chi connectivity index (χ0) is 15.1. The largest absolute Gasteiger partial charge is 0.497 e. The molecule has 2 nitrogen and oxygen atoms in total. The van der Waals surface area contributed by atoms with E-state index >= 15 is 0 Å². The molecule has 0 amide bonds. The van der Waals surface area contributed by atoms with Gasteiger partial charge in [0.05, 0.1) is 13.2 Å². The molecule has 0 aromatic heterocycles. The number of aryl methyl sites for hydroxylation is 1. The lowest BCUT2D eigenvalue weighted by Crippen LogP contribution is -2.41. The first kappa shape index (κ1) is 13.2. The zero-order valence-electron chi connectivity index (χ0n) is 13.5. The van der Waals surface area contributed by atoms with Crippen LogP contribution in [0, 0.1) is 16.7 Å². The molecule has 0 radical (unpaired) electrons. The smallest absolute Gasteiger partial charge is 0.119 e. The van der Waals surface area contributed by atoms with E-state index in [0.717, 1.165) is 37.4 Å². The van der Waals surface area contributed by atoms with Gasteiger partial charge in [0, 0.05) is 10.8 Å². The molecule has 4 aliphatic carbocycles. The summed E-state index contributed by atoms with van der Waals surface area (Å²) in [4.78, 5) is 0. The third-order valence-electron chi connectivity index (χ3n) is 7.45. The average Bonchev–Trinajstić information content (AvgIpc) is 3.19. The molecule has 0 aliphatic heterocycles. The van der Waals surface area contributed by atoms with E-state index in [-0.39, 0.29) is 11.5 Å². The predicted molar refractivity (Wildman–Crippen MR) is 86.7 cm³/mol. The summed E-state index contributed by atoms with van der Waals surface area (Å²) in [6, 6.07) is 6.59. The molecular weight excluding hydrogens is 272 g/mol. The van der Waals surface area contributed by atoms with Gasteiger partial charge in [0.15, 0.2) is 0 Å². The Kier molecular flexibility index (Phi) is 2.38. The summed E-state index contributed by atoms with van der Waals surface area (Å²) in [5, 5.41) is 10.6. The minimum atomic E-state index is -0.0856. The Morgan fingerprint density at radius 2 is 2.09 bits per heavy atom. The van der Waals surface area contributed by atoms with Gasteiger partial charge >= 0.3 is 0 Å². The van der Waals surface area contributed by atoms with Gasteiger partial charge < -0.3 is 9.84 Å². The van der Waals surface area contributed by atoms with Gasteiger partial charge in [-0.15, -0.1) is 0 Å². The summed E-state index contributed by atoms with van der Waals surface area (Å²) < 4.78 is 5.39. The number of hydrogen-bond donors (Lipinski definition) is 1. The van der Waals surface area contributed by atoms with Crippen LogP contribution in [0.15, 0.2) is 23.8 Å². The quantitative estimate of drug-likeness (QED) is 0.850. The molecule has 2 heteroatoms. The van der Waals surface area contributed by atoms with Gasteiger partial charge in [-0.1, -0.05) is 18.6 Å². The number of methoxy groups -OCH3 is 1. The second kappa shape index (κ2) is 3.97. The summed E-state index contributed by atoms with van der Waals surface area (Å²) in [6.45, 7) is 2.36. The zero-order valence-corrected chi connectivity index (χ0v) is 13.5. The van der Waals surface area contributed by atoms with Gasteiger partial charge in [-0.3, -0.25) is 0 Å². The highest BCUT2D eigenvalue weighted by Crippen LogP contribution is 2.80. The monoisotopic (exact) mass is 296 g/mol. The van der Waals surface area contributed by atoms with Crippen LogP contribution in [-0.2, 0) is 6.42 Å². The lowest BCUT2D eigenvalue weighted by atomic mass is 9.59. The van der Waals surface area contributed by atoms with Crippen LogP contribution in [0.3, 0.4) is 0 Å². The number of aliphatic hydroxyl groups is 1. The molecule has 1 aromatic rings. The van der Waals surface area contributed by atoms with Crippen LogP contribution in [0.25, 0.3) is 5.57 Å². The van der Waals surface area contributed by atoms with Gasteiger partial charge in [-0.05, 0) is 73.3 Å². The topological polar surface area (TPSA) is 29.5 Å². The van der Waals surface area contributed by atoms with E-state index in [4.69, 9.17) is 4.74 Å². The van der Waals surface area contributed by atoms with Gasteiger partial charge in [0.1, 0.15) is 5.75 Å². The molecule has 2 saturated carbocycles. The van der Waals surface area contributed by atoms with Crippen molar-refractivity contribution in [3.05, 3.63) is 34.9 Å². The number of allylic oxidation sites excluding steroid dienone is 2. The fourth-order valence-electron chi connectivity index (χ4n) is 6.18. The molecule has 5 rings (SSSR count). The van der Waals surface area contributed by atoms with Crippen molar-refractivity contribution in [2.24, 2.45) is 16.7 Å². The van der Waals surface area contributed by atoms with Crippen LogP contribution < -0.4 is 4.74 Å². The molecule has 4 atom stereocenters. The van der Waals surface area contributed by atoms with Crippen molar-refractivity contribution in [1.29, 1.82) is 0 Å². The summed E-state index contributed by atoms with van der Waals surface area (Å²) in [5.74, 6) is 1.72. The van der Waals surface area contributed by atoms with E-state index in [2.05, 4.69) is 25.1 Å². The standard InChI is InChI=1S/C20H24O2/c1-19-8-7-16-15-5-4-14(22-2)9-12(15)3-6-17(16)20(19)11-13(20)10-18(19)21/h4-5,9,13,18,21H,3,6-8,10-11H2,1-2H3/t13-,18+,19-,20+/m1/s1. The van der Waals surface area contributed by atoms with E-state index in [1.165, 1.54) is 24.0 Å². The second-order valence-corrected chi connectivity index (χ2v) is 8.02. The van der Waals surface area contributed by atoms with Crippen molar-refractivity contribution < 1.29 is 9.84 Å². The molecule has 0 bridgehead atoms. The molecule has 2 fully saturated rings. The Balaban J connectivity index is 1.67. The normalized spacial score (nSPS) is 41.4. The summed E-state index contributed by atoms with van der Waals surface area (Å²) >= 11 is 0. The Hall–Kier alpha value is -1.28. The average molecular weight is 296 g/mol. The van der Waals surface area contributed by atoms with Crippen LogP contribution in [-0.4, -0.2) is 18.3 Å². The van der Waals surface area contributed by atoms with Gasteiger partial charge in [-0.2, -0.15) is 0 Å². The lowest BCUT2D eigenvalue weighted by molar-refractivity contribution is 0.0114. The van der Waals surface area contributed by atoms with Crippen LogP contribution in [0.2, 0.25) is 0 Å².